The van der Waals surface area contributed by atoms with Crippen molar-refractivity contribution in [2.45, 2.75) is 6.42 Å². The minimum absolute atomic E-state index is 0.136. The van der Waals surface area contributed by atoms with Gasteiger partial charge in [-0.15, -0.1) is 11.3 Å². The van der Waals surface area contributed by atoms with Crippen LogP contribution >= 0.6 is 27.3 Å². The highest BCUT2D eigenvalue weighted by atomic mass is 79.9. The fourth-order valence-corrected chi connectivity index (χ4v) is 4.78. The molecule has 0 saturated carbocycles. The van der Waals surface area contributed by atoms with Gasteiger partial charge in [0.1, 0.15) is 16.3 Å². The zero-order chi connectivity index (χ0) is 19.8. The third kappa shape index (κ3) is 3.13. The number of rotatable bonds is 5. The van der Waals surface area contributed by atoms with Crippen LogP contribution in [0.5, 0.6) is 5.75 Å². The summed E-state index contributed by atoms with van der Waals surface area (Å²) in [7, 11) is 3.43. The van der Waals surface area contributed by atoms with Crippen LogP contribution in [0.3, 0.4) is 0 Å². The number of methoxy groups -OCH3 is 1. The molecule has 0 fully saturated rings. The number of aromatic amines is 1. The molecule has 4 nitrogen and oxygen atoms in total. The van der Waals surface area contributed by atoms with Gasteiger partial charge in [0.15, 0.2) is 0 Å². The van der Waals surface area contributed by atoms with Crippen molar-refractivity contribution in [3.63, 3.8) is 0 Å². The van der Waals surface area contributed by atoms with E-state index < -0.39 is 0 Å². The maximum atomic E-state index is 14.8. The van der Waals surface area contributed by atoms with E-state index in [-0.39, 0.29) is 11.4 Å². The van der Waals surface area contributed by atoms with Gasteiger partial charge < -0.3 is 15.0 Å². The lowest BCUT2D eigenvalue weighted by molar-refractivity contribution is 0.416. The van der Waals surface area contributed by atoms with Crippen molar-refractivity contribution < 1.29 is 9.13 Å². The molecule has 28 heavy (non-hydrogen) atoms. The molecule has 2 N–H and O–H groups in total. The van der Waals surface area contributed by atoms with Crippen LogP contribution in [0.15, 0.2) is 45.0 Å². The molecule has 2 aromatic heterocycles. The predicted octanol–water partition coefficient (Wildman–Crippen LogP) is 5.08. The topological polar surface area (TPSA) is 54.1 Å². The van der Waals surface area contributed by atoms with E-state index in [1.165, 1.54) is 11.3 Å². The van der Waals surface area contributed by atoms with Gasteiger partial charge in [0.05, 0.1) is 12.6 Å². The number of pyridine rings is 1. The molecule has 144 valence electrons. The molecule has 2 heterocycles. The average molecular weight is 461 g/mol. The highest BCUT2D eigenvalue weighted by Gasteiger charge is 2.19. The Balaban J connectivity index is 2.06. The van der Waals surface area contributed by atoms with Gasteiger partial charge >= 0.3 is 0 Å². The van der Waals surface area contributed by atoms with Crippen molar-refractivity contribution >= 4 is 48.3 Å². The van der Waals surface area contributed by atoms with E-state index in [9.17, 15) is 9.18 Å². The molecule has 0 amide bonds. The SMILES string of the molecule is CNCCc1ccc(-c2c(OC)cc(Br)c3[nH]c(=O)c4sccc4c23)cc1F. The summed E-state index contributed by atoms with van der Waals surface area (Å²) in [5, 5.41) is 6.59. The Kier molecular flexibility index (Phi) is 5.23. The number of thiophene rings is 1. The molecular weight excluding hydrogens is 443 g/mol. The number of fused-ring (bicyclic) bond motifs is 3. The van der Waals surface area contributed by atoms with Crippen LogP contribution in [0.4, 0.5) is 4.39 Å². The number of hydrogen-bond donors (Lipinski definition) is 2. The second kappa shape index (κ2) is 7.66. The van der Waals surface area contributed by atoms with Gasteiger partial charge in [-0.3, -0.25) is 4.79 Å². The van der Waals surface area contributed by atoms with E-state index in [2.05, 4.69) is 26.2 Å². The van der Waals surface area contributed by atoms with Crippen molar-refractivity contribution in [3.05, 3.63) is 61.9 Å². The monoisotopic (exact) mass is 460 g/mol. The van der Waals surface area contributed by atoms with Gasteiger partial charge in [0, 0.05) is 20.8 Å². The first-order chi connectivity index (χ1) is 13.5. The van der Waals surface area contributed by atoms with E-state index in [4.69, 9.17) is 4.74 Å². The number of hydrogen-bond acceptors (Lipinski definition) is 4. The summed E-state index contributed by atoms with van der Waals surface area (Å²) in [6, 6.07) is 8.98. The molecule has 0 aliphatic rings. The molecule has 0 spiro atoms. The summed E-state index contributed by atoms with van der Waals surface area (Å²) >= 11 is 4.92. The molecule has 0 aliphatic heterocycles. The first-order valence-electron chi connectivity index (χ1n) is 8.78. The molecule has 0 bridgehead atoms. The second-order valence-electron chi connectivity index (χ2n) is 6.46. The maximum absolute atomic E-state index is 14.8. The van der Waals surface area contributed by atoms with Crippen molar-refractivity contribution in [1.29, 1.82) is 0 Å². The van der Waals surface area contributed by atoms with Gasteiger partial charge in [0.2, 0.25) is 0 Å². The predicted molar refractivity (Wildman–Crippen MR) is 117 cm³/mol. The van der Waals surface area contributed by atoms with E-state index in [0.29, 0.717) is 40.1 Å². The molecule has 4 rings (SSSR count). The summed E-state index contributed by atoms with van der Waals surface area (Å²) in [6.45, 7) is 0.706. The Morgan fingerprint density at radius 1 is 1.29 bits per heavy atom. The summed E-state index contributed by atoms with van der Waals surface area (Å²) in [4.78, 5) is 15.4. The molecule has 7 heteroatoms. The summed E-state index contributed by atoms with van der Waals surface area (Å²) in [5.41, 5.74) is 2.67. The number of H-pyrrole nitrogens is 1. The van der Waals surface area contributed by atoms with Gasteiger partial charge in [-0.05, 0) is 70.6 Å². The van der Waals surface area contributed by atoms with Crippen molar-refractivity contribution in [3.8, 4) is 16.9 Å². The maximum Gasteiger partial charge on any atom is 0.266 e. The number of benzene rings is 2. The van der Waals surface area contributed by atoms with Crippen LogP contribution < -0.4 is 15.6 Å². The van der Waals surface area contributed by atoms with Crippen molar-refractivity contribution in [2.24, 2.45) is 0 Å². The van der Waals surface area contributed by atoms with Crippen LogP contribution in [0, 0.1) is 5.82 Å². The van der Waals surface area contributed by atoms with Gasteiger partial charge in [-0.25, -0.2) is 4.39 Å². The minimum atomic E-state index is -0.253. The van der Waals surface area contributed by atoms with E-state index in [1.807, 2.05) is 30.6 Å². The lowest BCUT2D eigenvalue weighted by Gasteiger charge is -2.15. The number of halogens is 2. The Morgan fingerprint density at radius 2 is 2.11 bits per heavy atom. The zero-order valence-electron chi connectivity index (χ0n) is 15.4. The van der Waals surface area contributed by atoms with E-state index in [1.54, 1.807) is 19.2 Å². The minimum Gasteiger partial charge on any atom is -0.496 e. The number of ether oxygens (including phenoxy) is 1. The Labute approximate surface area is 173 Å². The molecule has 4 aromatic rings. The lowest BCUT2D eigenvalue weighted by atomic mass is 9.96. The van der Waals surface area contributed by atoms with Gasteiger partial charge in [0.25, 0.3) is 5.56 Å². The highest BCUT2D eigenvalue weighted by molar-refractivity contribution is 9.10. The smallest absolute Gasteiger partial charge is 0.266 e. The normalized spacial score (nSPS) is 11.4. The Bertz CT molecular complexity index is 1250. The molecule has 0 saturated heterocycles. The van der Waals surface area contributed by atoms with Crippen LogP contribution in [-0.2, 0) is 6.42 Å². The van der Waals surface area contributed by atoms with Crippen LogP contribution in [0.25, 0.3) is 32.1 Å². The molecule has 0 radical (unpaired) electrons. The van der Waals surface area contributed by atoms with Crippen molar-refractivity contribution in [1.82, 2.24) is 10.3 Å². The summed E-state index contributed by atoms with van der Waals surface area (Å²) in [5.74, 6) is 0.359. The molecule has 0 unspecified atom stereocenters. The largest absolute Gasteiger partial charge is 0.496 e. The lowest BCUT2D eigenvalue weighted by Crippen LogP contribution is -2.11. The van der Waals surface area contributed by atoms with Crippen LogP contribution in [0.2, 0.25) is 0 Å². The van der Waals surface area contributed by atoms with Crippen LogP contribution in [0.1, 0.15) is 5.56 Å². The van der Waals surface area contributed by atoms with Gasteiger partial charge in [-0.1, -0.05) is 12.1 Å². The summed E-state index contributed by atoms with van der Waals surface area (Å²) < 4.78 is 21.7. The first kappa shape index (κ1) is 19.1. The third-order valence-corrected chi connectivity index (χ3v) is 6.37. The highest BCUT2D eigenvalue weighted by Crippen LogP contribution is 2.43. The van der Waals surface area contributed by atoms with Crippen molar-refractivity contribution in [2.75, 3.05) is 20.7 Å². The molecular formula is C21H18BrFN2O2S. The quantitative estimate of drug-likeness (QED) is 0.436. The van der Waals surface area contributed by atoms with Gasteiger partial charge in [-0.2, -0.15) is 0 Å². The standard InChI is InChI=1S/C21H18BrFN2O2S/c1-24-7-5-11-3-4-12(9-15(11)23)17-16(27-2)10-14(22)19-18(17)13-6-8-28-20(13)21(26)25-19/h3-4,6,8-10,24H,5,7H2,1-2H3,(H,25,26). The van der Waals surface area contributed by atoms with E-state index >= 15 is 0 Å². The Hall–Kier alpha value is -2.22. The van der Waals surface area contributed by atoms with Crippen LogP contribution in [-0.4, -0.2) is 25.7 Å². The molecule has 0 atom stereocenters. The summed E-state index contributed by atoms with van der Waals surface area (Å²) in [6.07, 6.45) is 0.614. The second-order valence-corrected chi connectivity index (χ2v) is 8.23. The molecule has 2 aromatic carbocycles. The first-order valence-corrected chi connectivity index (χ1v) is 10.5. The third-order valence-electron chi connectivity index (χ3n) is 4.83. The number of likely N-dealkylation sites (N-methyl/N-ethyl adjacent to an activating group) is 1. The average Bonchev–Trinajstić information content (AvgIpc) is 3.18. The van der Waals surface area contributed by atoms with E-state index in [0.717, 1.165) is 20.8 Å². The zero-order valence-corrected chi connectivity index (χ0v) is 17.8. The molecule has 0 aliphatic carbocycles. The number of aromatic nitrogens is 1. The Morgan fingerprint density at radius 3 is 2.82 bits per heavy atom. The number of nitrogens with one attached hydrogen (secondary N) is 2. The fourth-order valence-electron chi connectivity index (χ4n) is 3.48. The fraction of sp³-hybridized carbons (Fsp3) is 0.190.